The van der Waals surface area contributed by atoms with Crippen LogP contribution in [0.25, 0.3) is 0 Å². The van der Waals surface area contributed by atoms with Crippen molar-refractivity contribution in [1.82, 2.24) is 4.68 Å². The van der Waals surface area contributed by atoms with Gasteiger partial charge in [-0.2, -0.15) is 4.68 Å². The van der Waals surface area contributed by atoms with Gasteiger partial charge in [0.25, 0.3) is 5.91 Å². The quantitative estimate of drug-likeness (QED) is 0.863. The summed E-state index contributed by atoms with van der Waals surface area (Å²) in [5, 5.41) is 2.70. The predicted molar refractivity (Wildman–Crippen MR) is 86.5 cm³/mol. The maximum atomic E-state index is 13.8. The number of aryl methyl sites for hydroxylation is 1. The summed E-state index contributed by atoms with van der Waals surface area (Å²) in [6.45, 7) is 1.98. The van der Waals surface area contributed by atoms with Gasteiger partial charge in [0, 0.05) is 6.07 Å². The van der Waals surface area contributed by atoms with Crippen molar-refractivity contribution in [2.75, 3.05) is 5.32 Å². The van der Waals surface area contributed by atoms with Crippen molar-refractivity contribution in [1.29, 1.82) is 0 Å². The lowest BCUT2D eigenvalue weighted by Crippen LogP contribution is -2.48. The van der Waals surface area contributed by atoms with Gasteiger partial charge in [-0.1, -0.05) is 31.4 Å². The standard InChI is InChI=1S/C18H22FN3O/c1-14-7-5-10-16(19)18(14)20-17(23)13-21-11-6-12-22(21)15-8-3-2-4-9-15/h5-7,10-12,15H,2-4,8-9,13H2,1H3/p+1. The third-order valence-electron chi connectivity index (χ3n) is 4.53. The number of hydrogen-bond acceptors (Lipinski definition) is 1. The molecule has 0 spiro atoms. The molecule has 0 bridgehead atoms. The summed E-state index contributed by atoms with van der Waals surface area (Å²) in [7, 11) is 0. The van der Waals surface area contributed by atoms with E-state index in [0.29, 0.717) is 6.04 Å². The first-order valence-corrected chi connectivity index (χ1v) is 8.26. The van der Waals surface area contributed by atoms with E-state index in [0.717, 1.165) is 18.4 Å². The SMILES string of the molecule is Cc1cccc(F)c1NC(=O)C[n+]1cccn1C1CCCCC1. The van der Waals surface area contributed by atoms with Crippen LogP contribution in [0.1, 0.15) is 43.7 Å². The highest BCUT2D eigenvalue weighted by Crippen LogP contribution is 2.26. The highest BCUT2D eigenvalue weighted by atomic mass is 19.1. The molecule has 1 aliphatic carbocycles. The molecule has 1 saturated carbocycles. The summed E-state index contributed by atoms with van der Waals surface area (Å²) in [6.07, 6.45) is 10.0. The van der Waals surface area contributed by atoms with Crippen LogP contribution in [0.15, 0.2) is 36.7 Å². The Morgan fingerprint density at radius 3 is 2.83 bits per heavy atom. The first-order valence-electron chi connectivity index (χ1n) is 8.26. The lowest BCUT2D eigenvalue weighted by molar-refractivity contribution is -0.767. The van der Waals surface area contributed by atoms with Gasteiger partial charge in [-0.25, -0.2) is 4.39 Å². The second-order valence-corrected chi connectivity index (χ2v) is 6.24. The van der Waals surface area contributed by atoms with Crippen LogP contribution in [0.3, 0.4) is 0 Å². The second kappa shape index (κ2) is 6.94. The number of aromatic nitrogens is 2. The van der Waals surface area contributed by atoms with Gasteiger partial charge in [-0.3, -0.25) is 4.79 Å². The number of halogens is 1. The molecule has 1 heterocycles. The summed E-state index contributed by atoms with van der Waals surface area (Å²) in [5.74, 6) is -0.607. The molecule has 2 aromatic rings. The Morgan fingerprint density at radius 1 is 1.30 bits per heavy atom. The predicted octanol–water partition coefficient (Wildman–Crippen LogP) is 3.37. The fourth-order valence-corrected chi connectivity index (χ4v) is 3.32. The zero-order valence-corrected chi connectivity index (χ0v) is 13.5. The fourth-order valence-electron chi connectivity index (χ4n) is 3.32. The Labute approximate surface area is 135 Å². The lowest BCUT2D eigenvalue weighted by atomic mass is 9.96. The van der Waals surface area contributed by atoms with Crippen LogP contribution in [0.5, 0.6) is 0 Å². The van der Waals surface area contributed by atoms with Crippen LogP contribution in [0.2, 0.25) is 0 Å². The molecule has 122 valence electrons. The normalized spacial score (nSPS) is 15.6. The van der Waals surface area contributed by atoms with Crippen molar-refractivity contribution in [3.05, 3.63) is 48.0 Å². The maximum Gasteiger partial charge on any atom is 0.292 e. The first-order chi connectivity index (χ1) is 11.1. The van der Waals surface area contributed by atoms with E-state index in [2.05, 4.69) is 10.00 Å². The van der Waals surface area contributed by atoms with Crippen molar-refractivity contribution < 1.29 is 13.9 Å². The molecule has 1 fully saturated rings. The first kappa shape index (κ1) is 15.7. The Hall–Kier alpha value is -2.17. The van der Waals surface area contributed by atoms with E-state index in [1.54, 1.807) is 19.1 Å². The Balaban J connectivity index is 1.70. The monoisotopic (exact) mass is 316 g/mol. The number of para-hydroxylation sites is 1. The minimum Gasteiger partial charge on any atom is -0.318 e. The van der Waals surface area contributed by atoms with Crippen molar-refractivity contribution in [2.45, 2.75) is 51.6 Å². The van der Waals surface area contributed by atoms with Crippen LogP contribution >= 0.6 is 0 Å². The van der Waals surface area contributed by atoms with E-state index >= 15 is 0 Å². The number of nitrogens with one attached hydrogen (secondary N) is 1. The molecule has 0 saturated heterocycles. The van der Waals surface area contributed by atoms with Crippen molar-refractivity contribution >= 4 is 11.6 Å². The molecule has 3 rings (SSSR count). The van der Waals surface area contributed by atoms with Gasteiger partial charge in [0.15, 0.2) is 6.20 Å². The molecule has 1 amide bonds. The van der Waals surface area contributed by atoms with Crippen LogP contribution in [-0.2, 0) is 11.3 Å². The van der Waals surface area contributed by atoms with E-state index in [-0.39, 0.29) is 18.1 Å². The molecule has 0 atom stereocenters. The smallest absolute Gasteiger partial charge is 0.292 e. The zero-order chi connectivity index (χ0) is 16.2. The molecule has 1 aliphatic rings. The third kappa shape index (κ3) is 3.60. The average molecular weight is 316 g/mol. The largest absolute Gasteiger partial charge is 0.318 e. The number of rotatable bonds is 4. The number of anilines is 1. The van der Waals surface area contributed by atoms with Gasteiger partial charge >= 0.3 is 0 Å². The summed E-state index contributed by atoms with van der Waals surface area (Å²) in [6, 6.07) is 7.21. The molecule has 1 aromatic heterocycles. The molecule has 4 nitrogen and oxygen atoms in total. The molecule has 0 radical (unpaired) electrons. The summed E-state index contributed by atoms with van der Waals surface area (Å²) < 4.78 is 17.9. The van der Waals surface area contributed by atoms with Gasteiger partial charge < -0.3 is 5.32 Å². The number of benzene rings is 1. The van der Waals surface area contributed by atoms with Crippen LogP contribution in [-0.4, -0.2) is 10.6 Å². The molecule has 1 N–H and O–H groups in total. The Bertz CT molecular complexity index is 669. The molecule has 1 aromatic carbocycles. The van der Waals surface area contributed by atoms with Crippen molar-refractivity contribution in [2.24, 2.45) is 0 Å². The van der Waals surface area contributed by atoms with Gasteiger partial charge in [0.05, 0.1) is 17.9 Å². The third-order valence-corrected chi connectivity index (χ3v) is 4.53. The van der Waals surface area contributed by atoms with E-state index in [1.165, 1.54) is 25.3 Å². The lowest BCUT2D eigenvalue weighted by Gasteiger charge is -2.20. The number of hydrogen-bond donors (Lipinski definition) is 1. The molecule has 0 aliphatic heterocycles. The molecule has 23 heavy (non-hydrogen) atoms. The van der Waals surface area contributed by atoms with E-state index < -0.39 is 5.82 Å². The van der Waals surface area contributed by atoms with Crippen LogP contribution < -0.4 is 10.00 Å². The molecular weight excluding hydrogens is 293 g/mol. The highest BCUT2D eigenvalue weighted by molar-refractivity contribution is 5.90. The second-order valence-electron chi connectivity index (χ2n) is 6.24. The summed E-state index contributed by atoms with van der Waals surface area (Å²) in [4.78, 5) is 12.3. The van der Waals surface area contributed by atoms with Gasteiger partial charge in [-0.15, -0.1) is 4.68 Å². The number of nitrogens with zero attached hydrogens (tertiary/aromatic N) is 2. The minimum absolute atomic E-state index is 0.192. The Morgan fingerprint density at radius 2 is 2.09 bits per heavy atom. The maximum absolute atomic E-state index is 13.8. The zero-order valence-electron chi connectivity index (χ0n) is 13.5. The van der Waals surface area contributed by atoms with Crippen molar-refractivity contribution in [3.63, 3.8) is 0 Å². The van der Waals surface area contributed by atoms with E-state index in [9.17, 15) is 9.18 Å². The summed E-state index contributed by atoms with van der Waals surface area (Å²) >= 11 is 0. The topological polar surface area (TPSA) is 37.9 Å². The van der Waals surface area contributed by atoms with Gasteiger partial charge in [0.1, 0.15) is 5.82 Å². The minimum atomic E-state index is -0.397. The highest BCUT2D eigenvalue weighted by Gasteiger charge is 2.23. The number of carbonyl (C=O) groups excluding carboxylic acids is 1. The van der Waals surface area contributed by atoms with Crippen molar-refractivity contribution in [3.8, 4) is 0 Å². The van der Waals surface area contributed by atoms with Gasteiger partial charge in [0.2, 0.25) is 6.54 Å². The van der Waals surface area contributed by atoms with E-state index in [4.69, 9.17) is 0 Å². The average Bonchev–Trinajstić information content (AvgIpc) is 3.00. The van der Waals surface area contributed by atoms with Crippen LogP contribution in [0.4, 0.5) is 10.1 Å². The summed E-state index contributed by atoms with van der Waals surface area (Å²) in [5.41, 5.74) is 1.000. The molecular formula is C18H23FN3O+. The molecule has 0 unspecified atom stereocenters. The van der Waals surface area contributed by atoms with Crippen LogP contribution in [0, 0.1) is 12.7 Å². The fraction of sp³-hybridized carbons (Fsp3) is 0.444. The van der Waals surface area contributed by atoms with E-state index in [1.807, 2.05) is 23.1 Å². The molecule has 5 heteroatoms. The Kier molecular flexibility index (Phi) is 4.74. The number of carbonyl (C=O) groups is 1. The van der Waals surface area contributed by atoms with Gasteiger partial charge in [-0.05, 0) is 31.4 Å². The number of amides is 1.